The minimum Gasteiger partial charge on any atom is -0.379 e. The van der Waals surface area contributed by atoms with Gasteiger partial charge < -0.3 is 4.74 Å². The van der Waals surface area contributed by atoms with Crippen LogP contribution >= 0.6 is 0 Å². The zero-order valence-corrected chi connectivity index (χ0v) is 10.8. The first kappa shape index (κ1) is 13.5. The molecule has 1 aliphatic heterocycles. The van der Waals surface area contributed by atoms with Crippen LogP contribution in [-0.4, -0.2) is 50.7 Å². The van der Waals surface area contributed by atoms with Crippen LogP contribution < -0.4 is 0 Å². The van der Waals surface area contributed by atoms with Gasteiger partial charge in [-0.05, 0) is 5.56 Å². The van der Waals surface area contributed by atoms with E-state index in [-0.39, 0.29) is 0 Å². The van der Waals surface area contributed by atoms with Gasteiger partial charge in [0.05, 0.1) is 13.2 Å². The fourth-order valence-electron chi connectivity index (χ4n) is 2.06. The first-order chi connectivity index (χ1) is 8.57. The molecule has 0 bridgehead atoms. The lowest BCUT2D eigenvalue weighted by Crippen LogP contribution is -2.40. The van der Waals surface area contributed by atoms with Crippen molar-refractivity contribution < 1.29 is 17.7 Å². The van der Waals surface area contributed by atoms with Gasteiger partial charge in [-0.15, -0.1) is 0 Å². The highest BCUT2D eigenvalue weighted by Gasteiger charge is 2.28. The summed E-state index contributed by atoms with van der Waals surface area (Å²) < 4.78 is 37.6. The Morgan fingerprint density at radius 1 is 1.22 bits per heavy atom. The zero-order valence-electron chi connectivity index (χ0n) is 10.0. The van der Waals surface area contributed by atoms with Gasteiger partial charge in [-0.1, -0.05) is 30.3 Å². The quantitative estimate of drug-likeness (QED) is 0.826. The third kappa shape index (κ3) is 3.52. The molecule has 0 spiro atoms. The molecule has 6 heteroatoms. The molecule has 5 nitrogen and oxygen atoms in total. The van der Waals surface area contributed by atoms with Crippen LogP contribution in [0.2, 0.25) is 0 Å². The molecule has 0 aromatic heterocycles. The van der Waals surface area contributed by atoms with Crippen molar-refractivity contribution in [2.24, 2.45) is 0 Å². The SMILES string of the molecule is O=S(=O)(O)C(CN1CCOCC1)c1ccccc1. The molecule has 1 heterocycles. The topological polar surface area (TPSA) is 66.8 Å². The van der Waals surface area contributed by atoms with Gasteiger partial charge >= 0.3 is 0 Å². The van der Waals surface area contributed by atoms with E-state index in [0.29, 0.717) is 38.4 Å². The van der Waals surface area contributed by atoms with E-state index in [0.717, 1.165) is 0 Å². The molecule has 0 amide bonds. The minimum atomic E-state index is -4.10. The van der Waals surface area contributed by atoms with Crippen LogP contribution in [0, 0.1) is 0 Å². The fourth-order valence-corrected chi connectivity index (χ4v) is 2.96. The predicted octanol–water partition coefficient (Wildman–Crippen LogP) is 0.948. The number of hydrogen-bond acceptors (Lipinski definition) is 4. The molecule has 0 saturated carbocycles. The third-order valence-electron chi connectivity index (χ3n) is 3.06. The maximum Gasteiger partial charge on any atom is 0.273 e. The molecule has 1 atom stereocenters. The van der Waals surface area contributed by atoms with E-state index in [4.69, 9.17) is 4.74 Å². The van der Waals surface area contributed by atoms with E-state index >= 15 is 0 Å². The molecule has 18 heavy (non-hydrogen) atoms. The summed E-state index contributed by atoms with van der Waals surface area (Å²) in [7, 11) is -4.10. The lowest BCUT2D eigenvalue weighted by molar-refractivity contribution is 0.0375. The van der Waals surface area contributed by atoms with Crippen LogP contribution in [0.3, 0.4) is 0 Å². The maximum atomic E-state index is 11.5. The average molecular weight is 271 g/mol. The molecule has 2 rings (SSSR count). The van der Waals surface area contributed by atoms with Crippen molar-refractivity contribution in [3.8, 4) is 0 Å². The molecule has 1 unspecified atom stereocenters. The lowest BCUT2D eigenvalue weighted by Gasteiger charge is -2.29. The van der Waals surface area contributed by atoms with E-state index in [1.54, 1.807) is 24.3 Å². The highest BCUT2D eigenvalue weighted by Crippen LogP contribution is 2.22. The Balaban J connectivity index is 2.16. The Hall–Kier alpha value is -0.950. The van der Waals surface area contributed by atoms with Gasteiger partial charge in [-0.25, -0.2) is 0 Å². The van der Waals surface area contributed by atoms with Crippen LogP contribution in [0.5, 0.6) is 0 Å². The van der Waals surface area contributed by atoms with Crippen LogP contribution in [0.15, 0.2) is 30.3 Å². The Morgan fingerprint density at radius 2 is 1.83 bits per heavy atom. The van der Waals surface area contributed by atoms with Gasteiger partial charge in [0.2, 0.25) is 0 Å². The summed E-state index contributed by atoms with van der Waals surface area (Å²) in [5, 5.41) is -0.892. The van der Waals surface area contributed by atoms with Gasteiger partial charge in [0.1, 0.15) is 5.25 Å². The van der Waals surface area contributed by atoms with Crippen molar-refractivity contribution in [2.75, 3.05) is 32.8 Å². The smallest absolute Gasteiger partial charge is 0.273 e. The molecular weight excluding hydrogens is 254 g/mol. The van der Waals surface area contributed by atoms with E-state index in [1.165, 1.54) is 0 Å². The van der Waals surface area contributed by atoms with Gasteiger partial charge in [0.25, 0.3) is 10.1 Å². The molecule has 1 fully saturated rings. The van der Waals surface area contributed by atoms with E-state index in [9.17, 15) is 13.0 Å². The van der Waals surface area contributed by atoms with Crippen molar-refractivity contribution in [3.05, 3.63) is 35.9 Å². The monoisotopic (exact) mass is 271 g/mol. The summed E-state index contributed by atoms with van der Waals surface area (Å²) >= 11 is 0. The second kappa shape index (κ2) is 5.79. The summed E-state index contributed by atoms with van der Waals surface area (Å²) in [6.07, 6.45) is 0. The van der Waals surface area contributed by atoms with E-state index < -0.39 is 15.4 Å². The Kier molecular flexibility index (Phi) is 4.34. The van der Waals surface area contributed by atoms with Crippen LogP contribution in [0.4, 0.5) is 0 Å². The fraction of sp³-hybridized carbons (Fsp3) is 0.500. The second-order valence-electron chi connectivity index (χ2n) is 4.33. The van der Waals surface area contributed by atoms with E-state index in [1.807, 2.05) is 11.0 Å². The molecule has 1 aromatic carbocycles. The maximum absolute atomic E-state index is 11.5. The van der Waals surface area contributed by atoms with Gasteiger partial charge in [-0.2, -0.15) is 8.42 Å². The number of ether oxygens (including phenoxy) is 1. The largest absolute Gasteiger partial charge is 0.379 e. The lowest BCUT2D eigenvalue weighted by atomic mass is 10.1. The molecule has 1 aliphatic rings. The van der Waals surface area contributed by atoms with Gasteiger partial charge in [-0.3, -0.25) is 9.45 Å². The van der Waals surface area contributed by atoms with Crippen LogP contribution in [0.25, 0.3) is 0 Å². The minimum absolute atomic E-state index is 0.298. The van der Waals surface area contributed by atoms with Crippen molar-refractivity contribution in [1.29, 1.82) is 0 Å². The predicted molar refractivity (Wildman–Crippen MR) is 68.0 cm³/mol. The average Bonchev–Trinajstić information content (AvgIpc) is 2.37. The Bertz CT molecular complexity index is 468. The number of morpholine rings is 1. The molecule has 0 radical (unpaired) electrons. The molecule has 100 valence electrons. The van der Waals surface area contributed by atoms with Crippen molar-refractivity contribution in [2.45, 2.75) is 5.25 Å². The van der Waals surface area contributed by atoms with Crippen LogP contribution in [-0.2, 0) is 14.9 Å². The van der Waals surface area contributed by atoms with Crippen molar-refractivity contribution >= 4 is 10.1 Å². The number of rotatable bonds is 4. The third-order valence-corrected chi connectivity index (χ3v) is 4.20. The zero-order chi connectivity index (χ0) is 13.0. The molecule has 1 aromatic rings. The Morgan fingerprint density at radius 3 is 2.39 bits per heavy atom. The highest BCUT2D eigenvalue weighted by atomic mass is 32.2. The van der Waals surface area contributed by atoms with Gasteiger partial charge in [0.15, 0.2) is 0 Å². The van der Waals surface area contributed by atoms with Gasteiger partial charge in [0, 0.05) is 19.6 Å². The van der Waals surface area contributed by atoms with Crippen molar-refractivity contribution in [1.82, 2.24) is 4.90 Å². The highest BCUT2D eigenvalue weighted by molar-refractivity contribution is 7.86. The summed E-state index contributed by atoms with van der Waals surface area (Å²) in [6, 6.07) is 8.80. The summed E-state index contributed by atoms with van der Waals surface area (Å²) in [4.78, 5) is 1.99. The first-order valence-corrected chi connectivity index (χ1v) is 7.39. The molecule has 1 N–H and O–H groups in total. The summed E-state index contributed by atoms with van der Waals surface area (Å²) in [5.74, 6) is 0. The van der Waals surface area contributed by atoms with E-state index in [2.05, 4.69) is 0 Å². The molecular formula is C12H17NO4S. The molecule has 1 saturated heterocycles. The normalized spacial score (nSPS) is 19.6. The standard InChI is InChI=1S/C12H17NO4S/c14-18(15,16)12(11-4-2-1-3-5-11)10-13-6-8-17-9-7-13/h1-5,12H,6-10H2,(H,14,15,16). The Labute approximate surface area is 107 Å². The number of hydrogen-bond donors (Lipinski definition) is 1. The second-order valence-corrected chi connectivity index (χ2v) is 5.93. The molecule has 0 aliphatic carbocycles. The van der Waals surface area contributed by atoms with Crippen LogP contribution in [0.1, 0.15) is 10.8 Å². The summed E-state index contributed by atoms with van der Waals surface area (Å²) in [5.41, 5.74) is 0.617. The first-order valence-electron chi connectivity index (χ1n) is 5.89. The number of benzene rings is 1. The summed E-state index contributed by atoms with van der Waals surface area (Å²) in [6.45, 7) is 2.89. The number of nitrogens with zero attached hydrogens (tertiary/aromatic N) is 1. The van der Waals surface area contributed by atoms with Crippen molar-refractivity contribution in [3.63, 3.8) is 0 Å².